The molecule has 15 rings (SSSR count). The third kappa shape index (κ3) is 22.2. The summed E-state index contributed by atoms with van der Waals surface area (Å²) in [6.07, 6.45) is -9.67. The minimum absolute atomic E-state index is 0. The van der Waals surface area contributed by atoms with Gasteiger partial charge in [0.1, 0.15) is 79.1 Å². The average molecular weight is 2020 g/mol. The Morgan fingerprint density at radius 2 is 1.03 bits per heavy atom. The molecule has 0 saturated carbocycles. The number of carbonyl (C=O) groups is 2. The van der Waals surface area contributed by atoms with Crippen molar-refractivity contribution in [3.63, 3.8) is 0 Å². The van der Waals surface area contributed by atoms with Gasteiger partial charge in [-0.2, -0.15) is 13.5 Å². The molecule has 0 radical (unpaired) electrons. The minimum atomic E-state index is -4.35. The lowest BCUT2D eigenvalue weighted by molar-refractivity contribution is -0.0502. The van der Waals surface area contributed by atoms with Crippen molar-refractivity contribution in [1.29, 1.82) is 0 Å². The second-order valence-electron chi connectivity index (χ2n) is 39.7. The zero-order valence-corrected chi connectivity index (χ0v) is 86.7. The van der Waals surface area contributed by atoms with Crippen LogP contribution in [0, 0.1) is 23.7 Å². The molecule has 3 N–H and O–H groups in total. The maximum atomic E-state index is 17.3. The quantitative estimate of drug-likeness (QED) is 0.0260. The molecule has 18 atom stereocenters. The molecule has 2 aromatic carbocycles. The van der Waals surface area contributed by atoms with Crippen molar-refractivity contribution in [2.24, 2.45) is 0 Å². The summed E-state index contributed by atoms with van der Waals surface area (Å²) in [6, 6.07) is 17.3. The van der Waals surface area contributed by atoms with E-state index in [-0.39, 0.29) is 106 Å². The first-order chi connectivity index (χ1) is 63.0. The third-order valence-electron chi connectivity index (χ3n) is 26.8. The highest BCUT2D eigenvalue weighted by Gasteiger charge is 2.58. The first-order valence-corrected chi connectivity index (χ1v) is 59.6. The Morgan fingerprint density at radius 3 is 1.61 bits per heavy atom. The lowest BCUT2D eigenvalue weighted by Gasteiger charge is -2.39. The van der Waals surface area contributed by atoms with E-state index in [1.807, 2.05) is 80.8 Å². The standard InChI is InChI=1S/C44H58F2N9O9PSi2.C44H58F2N9O8PSSi2.H2S/c1-43(2,3)66(7,8)60-22-30-35(63-65(58)59)31(45)41(62-30)54-25-51-33-28(47-23-48-37(33)54)19-15-12-16-20-53(40(57)27-17-13-11-14-18-27)38-34-39(50-24-49-38)55(26-52-34)42-32(46)36(29(21-56)61-42)64-67(9,10)44(4,5)6;1-43(2,3)66(7,8)59-22-30-35-31(45)41(61-30)54-25-51-33-28(47-23-48-37(33)54)19-15-12-16-20-53(40(56)27-17-13-11-14-18-27)38-34-39(50-24-49-38)55(26-52-34)42-32(46)36(63-67(9,10)44(4,5)6)29(60-42)21-58-64(57,65)62-35;/h11,13-14,17-18,23-26,29-32,35-36,41-42,56H,15,19-22H2,1-10H3;11,13-14,17-18,23-26,29-32,35-36,41-42H,15,19-22H2,1-10H3,(H,57,65);1H2/p+1/t29-,30-,31-,32-,35-,36-,41?,42?;29-,30-,31-,32-,35-,36-,41?,42?,64?;/m11./s1. The Hall–Kier alpha value is -8.17. The number of amides is 2. The van der Waals surface area contributed by atoms with E-state index in [1.54, 1.807) is 60.7 Å². The number of aromatic nitrogens is 16. The molecular formula is C88H119F4N18O17P2S2Si4+. The molecule has 2 amide bonds. The molecule has 135 heavy (non-hydrogen) atoms. The van der Waals surface area contributed by atoms with Gasteiger partial charge >= 0.3 is 15.0 Å². The largest absolute Gasteiger partial charge is 0.695 e. The van der Waals surface area contributed by atoms with Crippen LogP contribution in [0.25, 0.3) is 44.7 Å². The lowest BCUT2D eigenvalue weighted by atomic mass is 10.1. The summed E-state index contributed by atoms with van der Waals surface area (Å²) in [6.45, 7) is 35.3. The zero-order valence-electron chi connectivity index (χ0n) is 79.1. The number of imidazole rings is 4. The number of fused-ring (bicyclic) bond motifs is 8. The van der Waals surface area contributed by atoms with Crippen molar-refractivity contribution in [2.75, 3.05) is 49.3 Å². The van der Waals surface area contributed by atoms with Gasteiger partial charge < -0.3 is 51.2 Å². The highest BCUT2D eigenvalue weighted by molar-refractivity contribution is 8.07. The fraction of sp³-hybridized carbons (Fsp3) is 0.568. The van der Waals surface area contributed by atoms with E-state index in [0.29, 0.717) is 58.5 Å². The number of hydrogen-bond acceptors (Lipinski definition) is 28. The van der Waals surface area contributed by atoms with Gasteiger partial charge in [-0.15, -0.1) is 21.3 Å². The molecule has 10 aromatic rings. The SMILES string of the molecule is CC(C)(C)[Si](C)(C)OC[C@H]1OC(n2cnc3c(CCC#CCN(C(=O)c4ccccc4)c4ncnc5c4ncn5C4O[C@H](CO)[C@@H](O[Si](C)(C)C(C)(C)C)[C@H]4F)ncnc32)[C@H](F)[C@@H]1O[P+](=O)O.CC(C)(C)[Si](C)(C)OC[C@H]1OC2[C@H](F)[C@@H]1OP(O)(=S)OC[C@H]1OC([C@H](F)[C@@H]1O[Si](C)(C)C(C)(C)C)n1cnc3c(ncnc31)N(C(=O)c1ccccc1)CC#CCCc1ncnc3c1ncn32.S. The minimum Gasteiger partial charge on any atom is -0.414 e. The van der Waals surface area contributed by atoms with Crippen molar-refractivity contribution >= 4 is 142 Å². The first-order valence-electron chi connectivity index (χ1n) is 44.3. The molecule has 6 unspecified atom stereocenters. The number of anilines is 2. The van der Waals surface area contributed by atoms with E-state index < -0.39 is 172 Å². The van der Waals surface area contributed by atoms with Crippen LogP contribution in [-0.2, 0) is 79.4 Å². The van der Waals surface area contributed by atoms with Crippen LogP contribution in [0.5, 0.6) is 0 Å². The van der Waals surface area contributed by atoms with Crippen LogP contribution in [0.3, 0.4) is 0 Å². The summed E-state index contributed by atoms with van der Waals surface area (Å²) in [7, 11) is -13.0. The molecule has 5 aliphatic rings. The number of alkyl halides is 4. The molecule has 0 aliphatic carbocycles. The van der Waals surface area contributed by atoms with Gasteiger partial charge in [0.05, 0.1) is 76.2 Å². The molecule has 4 saturated heterocycles. The number of nitrogens with zero attached hydrogens (tertiary/aromatic N) is 18. The molecule has 13 heterocycles. The third-order valence-corrected chi connectivity index (χ3v) is 46.7. The van der Waals surface area contributed by atoms with Crippen LogP contribution in [0.2, 0.25) is 72.5 Å². The number of aliphatic hydroxyl groups excluding tert-OH is 1. The number of aryl methyl sites for hydroxylation is 2. The van der Waals surface area contributed by atoms with E-state index in [1.165, 1.54) is 78.7 Å². The van der Waals surface area contributed by atoms with Crippen LogP contribution in [0.15, 0.2) is 111 Å². The number of carbonyl (C=O) groups excluding carboxylic acids is 2. The molecule has 35 nitrogen and oxygen atoms in total. The Balaban J connectivity index is 0.000000227. The van der Waals surface area contributed by atoms with Crippen molar-refractivity contribution in [2.45, 2.75) is 280 Å². The fourth-order valence-corrected chi connectivity index (χ4v) is 21.6. The van der Waals surface area contributed by atoms with Gasteiger partial charge in [-0.1, -0.05) is 131 Å². The van der Waals surface area contributed by atoms with Crippen LogP contribution in [0.4, 0.5) is 29.2 Å². The number of hydrogen-bond donors (Lipinski definition) is 3. The topological polar surface area (TPSA) is 394 Å². The van der Waals surface area contributed by atoms with E-state index in [0.717, 1.165) is 0 Å². The number of aliphatic hydroxyl groups is 1. The summed E-state index contributed by atoms with van der Waals surface area (Å²) in [5.74, 6) is 12.0. The Labute approximate surface area is 798 Å². The maximum absolute atomic E-state index is 17.3. The van der Waals surface area contributed by atoms with Crippen LogP contribution >= 0.6 is 28.5 Å². The second kappa shape index (κ2) is 41.3. The smallest absolute Gasteiger partial charge is 0.414 e. The Bertz CT molecular complexity index is 6090. The van der Waals surface area contributed by atoms with Gasteiger partial charge in [-0.05, 0) is 109 Å². The summed E-state index contributed by atoms with van der Waals surface area (Å²) in [4.78, 5) is 106. The van der Waals surface area contributed by atoms with Crippen molar-refractivity contribution < 1.29 is 96.8 Å². The lowest BCUT2D eigenvalue weighted by Crippen LogP contribution is -2.49. The Kier molecular flexibility index (Phi) is 31.9. The van der Waals surface area contributed by atoms with Crippen LogP contribution in [0.1, 0.15) is 153 Å². The molecule has 0 spiro atoms. The summed E-state index contributed by atoms with van der Waals surface area (Å²) in [5.41, 5.74) is 4.01. The van der Waals surface area contributed by atoms with Gasteiger partial charge in [0, 0.05) is 41.4 Å². The molecule has 5 aliphatic heterocycles. The molecule has 728 valence electrons. The fourth-order valence-electron chi connectivity index (χ4n) is 15.0. The average Bonchev–Trinajstić information content (AvgIpc) is 1.62. The number of halogens is 4. The highest BCUT2D eigenvalue weighted by atomic mass is 32.5. The predicted octanol–water partition coefficient (Wildman–Crippen LogP) is 15.0. The summed E-state index contributed by atoms with van der Waals surface area (Å²) >= 11 is 5.59. The highest BCUT2D eigenvalue weighted by Crippen LogP contribution is 2.53. The summed E-state index contributed by atoms with van der Waals surface area (Å²) in [5, 5.41) is 9.35. The Morgan fingerprint density at radius 1 is 0.563 bits per heavy atom. The first kappa shape index (κ1) is 104. The van der Waals surface area contributed by atoms with E-state index in [4.69, 9.17) is 62.0 Å². The molecule has 8 aromatic heterocycles. The van der Waals surface area contributed by atoms with Gasteiger partial charge in [-0.3, -0.25) is 42.2 Å². The second-order valence-corrected chi connectivity index (χ2v) is 62.4. The number of benzene rings is 2. The number of ether oxygens (including phenoxy) is 4. The summed E-state index contributed by atoms with van der Waals surface area (Å²) < 4.78 is 153. The number of rotatable bonds is 21. The zero-order chi connectivity index (χ0) is 96.9. The maximum Gasteiger partial charge on any atom is 0.695 e. The van der Waals surface area contributed by atoms with Crippen LogP contribution < -0.4 is 9.80 Å². The van der Waals surface area contributed by atoms with E-state index in [9.17, 15) is 29.0 Å². The van der Waals surface area contributed by atoms with Gasteiger partial charge in [0.2, 0.25) is 0 Å². The molecule has 47 heteroatoms. The van der Waals surface area contributed by atoms with Crippen molar-refractivity contribution in [1.82, 2.24) is 78.1 Å². The molecular weight excluding hydrogens is 1900 g/mol. The predicted molar refractivity (Wildman–Crippen MR) is 515 cm³/mol. The van der Waals surface area contributed by atoms with Crippen LogP contribution in [-0.4, -0.2) is 251 Å². The van der Waals surface area contributed by atoms with E-state index in [2.05, 4.69) is 138 Å². The van der Waals surface area contributed by atoms with Gasteiger partial charge in [0.25, 0.3) is 11.8 Å². The molecule has 12 bridgehead atoms. The van der Waals surface area contributed by atoms with Crippen molar-refractivity contribution in [3.8, 4) is 23.7 Å². The normalized spacial score (nSPS) is 25.8. The van der Waals surface area contributed by atoms with Gasteiger partial charge in [0.15, 0.2) is 134 Å². The molecule has 4 fully saturated rings. The van der Waals surface area contributed by atoms with Crippen molar-refractivity contribution in [3.05, 3.63) is 134 Å². The van der Waals surface area contributed by atoms with Gasteiger partial charge in [-0.25, -0.2) is 77.4 Å². The monoisotopic (exact) mass is 2010 g/mol. The van der Waals surface area contributed by atoms with E-state index >= 15 is 17.6 Å².